The summed E-state index contributed by atoms with van der Waals surface area (Å²) in [5.41, 5.74) is 2.44. The van der Waals surface area contributed by atoms with Crippen LogP contribution >= 0.6 is 0 Å². The highest BCUT2D eigenvalue weighted by Gasteiger charge is 2.22. The van der Waals surface area contributed by atoms with Gasteiger partial charge in [-0.1, -0.05) is 6.92 Å². The minimum atomic E-state index is 0.699. The Bertz CT molecular complexity index is 352. The number of hydrogen-bond donors (Lipinski definition) is 1. The summed E-state index contributed by atoms with van der Waals surface area (Å²) in [6.45, 7) is 8.81. The predicted molar refractivity (Wildman–Crippen MR) is 69.9 cm³/mol. The van der Waals surface area contributed by atoms with Crippen molar-refractivity contribution in [1.82, 2.24) is 20.0 Å². The van der Waals surface area contributed by atoms with Gasteiger partial charge in [0.15, 0.2) is 0 Å². The first-order valence-corrected chi connectivity index (χ1v) is 6.65. The lowest BCUT2D eigenvalue weighted by Gasteiger charge is -2.27. The highest BCUT2D eigenvalue weighted by atomic mass is 15.3. The van der Waals surface area contributed by atoms with E-state index in [2.05, 4.69) is 35.2 Å². The Morgan fingerprint density at radius 2 is 2.41 bits per heavy atom. The topological polar surface area (TPSA) is 33.1 Å². The highest BCUT2D eigenvalue weighted by molar-refractivity contribution is 5.08. The van der Waals surface area contributed by atoms with Crippen LogP contribution in [0.1, 0.15) is 31.2 Å². The Kier molecular flexibility index (Phi) is 4.18. The van der Waals surface area contributed by atoms with E-state index >= 15 is 0 Å². The first-order valence-electron chi connectivity index (χ1n) is 6.65. The summed E-state index contributed by atoms with van der Waals surface area (Å²) in [5.74, 6) is 0. The van der Waals surface area contributed by atoms with Gasteiger partial charge in [0.2, 0.25) is 0 Å². The van der Waals surface area contributed by atoms with E-state index in [0.717, 1.165) is 25.3 Å². The molecule has 1 aliphatic rings. The molecule has 1 fully saturated rings. The van der Waals surface area contributed by atoms with Gasteiger partial charge in [-0.3, -0.25) is 9.58 Å². The number of hydrogen-bond acceptors (Lipinski definition) is 3. The summed E-state index contributed by atoms with van der Waals surface area (Å²) < 4.78 is 2.01. The van der Waals surface area contributed by atoms with E-state index in [-0.39, 0.29) is 0 Å². The van der Waals surface area contributed by atoms with Crippen LogP contribution in [0.2, 0.25) is 0 Å². The maximum absolute atomic E-state index is 4.43. The van der Waals surface area contributed by atoms with E-state index in [9.17, 15) is 0 Å². The smallest absolute Gasteiger partial charge is 0.0597 e. The molecule has 0 amide bonds. The van der Waals surface area contributed by atoms with E-state index in [0.29, 0.717) is 6.04 Å². The van der Waals surface area contributed by atoms with E-state index in [1.807, 2.05) is 11.7 Å². The van der Waals surface area contributed by atoms with Crippen molar-refractivity contribution in [2.24, 2.45) is 7.05 Å². The van der Waals surface area contributed by atoms with Crippen LogP contribution in [0.3, 0.4) is 0 Å². The zero-order valence-electron chi connectivity index (χ0n) is 11.2. The average molecular weight is 236 g/mol. The molecule has 1 atom stereocenters. The van der Waals surface area contributed by atoms with Gasteiger partial charge in [-0.2, -0.15) is 5.10 Å². The molecule has 0 bridgehead atoms. The maximum atomic E-state index is 4.43. The van der Waals surface area contributed by atoms with E-state index < -0.39 is 0 Å². The molecule has 4 heteroatoms. The van der Waals surface area contributed by atoms with Crippen LogP contribution in [0.5, 0.6) is 0 Å². The van der Waals surface area contributed by atoms with Gasteiger partial charge in [0, 0.05) is 26.2 Å². The summed E-state index contributed by atoms with van der Waals surface area (Å²) in [7, 11) is 2.04. The van der Waals surface area contributed by atoms with Crippen LogP contribution in [0.25, 0.3) is 0 Å². The third kappa shape index (κ3) is 3.07. The molecule has 1 N–H and O–H groups in total. The molecule has 0 spiro atoms. The largest absolute Gasteiger partial charge is 0.315 e. The van der Waals surface area contributed by atoms with E-state index in [4.69, 9.17) is 0 Å². The second-order valence-electron chi connectivity index (χ2n) is 5.02. The fraction of sp³-hybridized carbons (Fsp3) is 0.769. The fourth-order valence-corrected chi connectivity index (χ4v) is 2.65. The van der Waals surface area contributed by atoms with Crippen LogP contribution < -0.4 is 5.32 Å². The minimum Gasteiger partial charge on any atom is -0.315 e. The van der Waals surface area contributed by atoms with Crippen molar-refractivity contribution in [2.75, 3.05) is 19.6 Å². The van der Waals surface area contributed by atoms with Crippen molar-refractivity contribution in [2.45, 2.75) is 39.3 Å². The standard InChI is InChI=1S/C13H24N4/c1-4-7-17(12-5-6-14-9-12)10-13-8-11(2)15-16(13)3/h8,12,14H,4-7,9-10H2,1-3H3. The molecule has 2 rings (SSSR count). The number of rotatable bonds is 5. The second-order valence-corrected chi connectivity index (χ2v) is 5.02. The maximum Gasteiger partial charge on any atom is 0.0597 e. The van der Waals surface area contributed by atoms with Crippen molar-refractivity contribution in [3.63, 3.8) is 0 Å². The molecule has 0 aliphatic carbocycles. The molecule has 0 aromatic carbocycles. The monoisotopic (exact) mass is 236 g/mol. The molecule has 1 aromatic rings. The van der Waals surface area contributed by atoms with Gasteiger partial charge in [-0.15, -0.1) is 0 Å². The quantitative estimate of drug-likeness (QED) is 0.836. The SMILES string of the molecule is CCCN(Cc1cc(C)nn1C)C1CCNC1. The normalized spacial score (nSPS) is 20.4. The average Bonchev–Trinajstić information content (AvgIpc) is 2.88. The summed E-state index contributed by atoms with van der Waals surface area (Å²) in [5, 5.41) is 7.88. The number of aromatic nitrogens is 2. The first-order chi connectivity index (χ1) is 8.20. The summed E-state index contributed by atoms with van der Waals surface area (Å²) in [6, 6.07) is 2.90. The molecular weight excluding hydrogens is 212 g/mol. The van der Waals surface area contributed by atoms with Crippen molar-refractivity contribution in [1.29, 1.82) is 0 Å². The van der Waals surface area contributed by atoms with Gasteiger partial charge < -0.3 is 5.32 Å². The third-order valence-corrected chi connectivity index (χ3v) is 3.53. The van der Waals surface area contributed by atoms with Crippen molar-refractivity contribution < 1.29 is 0 Å². The molecule has 4 nitrogen and oxygen atoms in total. The zero-order chi connectivity index (χ0) is 12.3. The number of nitrogens with one attached hydrogen (secondary N) is 1. The Morgan fingerprint density at radius 3 is 2.94 bits per heavy atom. The number of nitrogens with zero attached hydrogens (tertiary/aromatic N) is 3. The first kappa shape index (κ1) is 12.6. The highest BCUT2D eigenvalue weighted by Crippen LogP contribution is 2.14. The summed E-state index contributed by atoms with van der Waals surface area (Å²) in [4.78, 5) is 2.59. The van der Waals surface area contributed by atoms with Gasteiger partial charge >= 0.3 is 0 Å². The third-order valence-electron chi connectivity index (χ3n) is 3.53. The lowest BCUT2D eigenvalue weighted by atomic mass is 10.2. The minimum absolute atomic E-state index is 0.699. The Hall–Kier alpha value is -0.870. The summed E-state index contributed by atoms with van der Waals surface area (Å²) >= 11 is 0. The molecule has 0 saturated carbocycles. The van der Waals surface area contributed by atoms with Gasteiger partial charge in [0.25, 0.3) is 0 Å². The van der Waals surface area contributed by atoms with Crippen LogP contribution in [-0.2, 0) is 13.6 Å². The lowest BCUT2D eigenvalue weighted by Crippen LogP contribution is -2.37. The molecule has 2 heterocycles. The molecule has 1 saturated heterocycles. The van der Waals surface area contributed by atoms with Crippen LogP contribution in [0, 0.1) is 6.92 Å². The Balaban J connectivity index is 2.03. The molecule has 17 heavy (non-hydrogen) atoms. The van der Waals surface area contributed by atoms with Crippen molar-refractivity contribution in [3.8, 4) is 0 Å². The van der Waals surface area contributed by atoms with E-state index in [1.54, 1.807) is 0 Å². The lowest BCUT2D eigenvalue weighted by molar-refractivity contribution is 0.194. The van der Waals surface area contributed by atoms with Crippen molar-refractivity contribution in [3.05, 3.63) is 17.5 Å². The molecule has 0 radical (unpaired) electrons. The molecule has 1 unspecified atom stereocenters. The Morgan fingerprint density at radius 1 is 1.59 bits per heavy atom. The predicted octanol–water partition coefficient (Wildman–Crippen LogP) is 1.30. The number of aryl methyl sites for hydroxylation is 2. The summed E-state index contributed by atoms with van der Waals surface area (Å²) in [6.07, 6.45) is 2.49. The van der Waals surface area contributed by atoms with Crippen LogP contribution in [0.4, 0.5) is 0 Å². The van der Waals surface area contributed by atoms with Gasteiger partial charge in [0.1, 0.15) is 0 Å². The van der Waals surface area contributed by atoms with E-state index in [1.165, 1.54) is 25.1 Å². The van der Waals surface area contributed by atoms with Crippen LogP contribution in [0.15, 0.2) is 6.07 Å². The fourth-order valence-electron chi connectivity index (χ4n) is 2.65. The van der Waals surface area contributed by atoms with Gasteiger partial charge in [-0.25, -0.2) is 0 Å². The molecule has 1 aromatic heterocycles. The van der Waals surface area contributed by atoms with Crippen molar-refractivity contribution >= 4 is 0 Å². The van der Waals surface area contributed by atoms with Gasteiger partial charge in [-0.05, 0) is 38.9 Å². The zero-order valence-corrected chi connectivity index (χ0v) is 11.2. The Labute approximate surface area is 104 Å². The van der Waals surface area contributed by atoms with Crippen LogP contribution in [-0.4, -0.2) is 40.4 Å². The molecule has 1 aliphatic heterocycles. The molecule has 96 valence electrons. The molecular formula is C13H24N4. The van der Waals surface area contributed by atoms with Gasteiger partial charge in [0.05, 0.1) is 11.4 Å². The second kappa shape index (κ2) is 5.65.